The van der Waals surface area contributed by atoms with Crippen molar-refractivity contribution in [1.82, 2.24) is 14.5 Å². The van der Waals surface area contributed by atoms with Crippen LogP contribution in [-0.2, 0) is 6.18 Å². The largest absolute Gasteiger partial charge is 0.417 e. The summed E-state index contributed by atoms with van der Waals surface area (Å²) < 4.78 is 40.7. The highest BCUT2D eigenvalue weighted by Crippen LogP contribution is 2.36. The van der Waals surface area contributed by atoms with Gasteiger partial charge in [-0.1, -0.05) is 18.2 Å². The summed E-state index contributed by atoms with van der Waals surface area (Å²) in [6.07, 6.45) is 0.237. The van der Waals surface area contributed by atoms with Gasteiger partial charge < -0.3 is 0 Å². The Labute approximate surface area is 116 Å². The van der Waals surface area contributed by atoms with Gasteiger partial charge in [0.2, 0.25) is 0 Å². The third kappa shape index (κ3) is 2.20. The molecule has 3 nitrogen and oxygen atoms in total. The molecule has 0 aliphatic heterocycles. The van der Waals surface area contributed by atoms with Crippen molar-refractivity contribution >= 4 is 11.3 Å². The van der Waals surface area contributed by atoms with Crippen LogP contribution < -0.4 is 0 Å². The van der Waals surface area contributed by atoms with E-state index in [1.807, 2.05) is 0 Å². The molecule has 3 rings (SSSR count). The van der Waals surface area contributed by atoms with Crippen LogP contribution >= 0.6 is 11.3 Å². The topological polar surface area (TPSA) is 30.7 Å². The van der Waals surface area contributed by atoms with Gasteiger partial charge in [0.25, 0.3) is 0 Å². The highest BCUT2D eigenvalue weighted by atomic mass is 32.1. The molecule has 0 aliphatic carbocycles. The Morgan fingerprint density at radius 3 is 2.55 bits per heavy atom. The van der Waals surface area contributed by atoms with E-state index < -0.39 is 11.7 Å². The second-order valence-electron chi connectivity index (χ2n) is 3.98. The Bertz CT molecular complexity index is 717. The molecule has 0 fully saturated rings. The predicted molar refractivity (Wildman–Crippen MR) is 69.7 cm³/mol. The molecule has 102 valence electrons. The lowest BCUT2D eigenvalue weighted by Crippen LogP contribution is -2.08. The van der Waals surface area contributed by atoms with Crippen molar-refractivity contribution in [1.29, 1.82) is 0 Å². The zero-order valence-electron chi connectivity index (χ0n) is 10.0. The van der Waals surface area contributed by atoms with Crippen LogP contribution in [0.2, 0.25) is 0 Å². The number of hydrogen-bond donors (Lipinski definition) is 0. The van der Waals surface area contributed by atoms with E-state index in [1.165, 1.54) is 29.7 Å². The number of nitrogens with zero attached hydrogens (tertiary/aromatic N) is 3. The van der Waals surface area contributed by atoms with Crippen molar-refractivity contribution in [3.63, 3.8) is 0 Å². The van der Waals surface area contributed by atoms with Crippen LogP contribution in [0.3, 0.4) is 0 Å². The molecule has 0 unspecified atom stereocenters. The standard InChI is InChI=1S/C13H8F3N3S/c14-13(15,16)10-4-2-1-3-9(10)11-17-5-7-19(11)12-18-6-8-20-12/h1-8H. The Morgan fingerprint density at radius 2 is 1.85 bits per heavy atom. The van der Waals surface area contributed by atoms with Gasteiger partial charge in [0.15, 0.2) is 5.13 Å². The van der Waals surface area contributed by atoms with E-state index in [0.29, 0.717) is 5.13 Å². The summed E-state index contributed by atoms with van der Waals surface area (Å²) >= 11 is 1.33. The van der Waals surface area contributed by atoms with Crippen LogP contribution in [0, 0.1) is 0 Å². The molecule has 0 radical (unpaired) electrons. The number of alkyl halides is 3. The summed E-state index contributed by atoms with van der Waals surface area (Å²) in [7, 11) is 0. The highest BCUT2D eigenvalue weighted by Gasteiger charge is 2.34. The lowest BCUT2D eigenvalue weighted by Gasteiger charge is -2.12. The summed E-state index contributed by atoms with van der Waals surface area (Å²) in [5.41, 5.74) is -0.663. The van der Waals surface area contributed by atoms with Crippen LogP contribution in [0.15, 0.2) is 48.2 Å². The van der Waals surface area contributed by atoms with Gasteiger partial charge in [-0.3, -0.25) is 4.57 Å². The zero-order valence-corrected chi connectivity index (χ0v) is 10.8. The van der Waals surface area contributed by atoms with Gasteiger partial charge in [-0.05, 0) is 6.07 Å². The number of hydrogen-bond acceptors (Lipinski definition) is 3. The smallest absolute Gasteiger partial charge is 0.275 e. The number of thiazole rings is 1. The maximum Gasteiger partial charge on any atom is 0.417 e. The fourth-order valence-electron chi connectivity index (χ4n) is 1.92. The van der Waals surface area contributed by atoms with E-state index in [1.54, 1.807) is 28.4 Å². The first-order valence-corrected chi connectivity index (χ1v) is 6.55. The first-order valence-electron chi connectivity index (χ1n) is 5.67. The van der Waals surface area contributed by atoms with E-state index >= 15 is 0 Å². The third-order valence-electron chi connectivity index (χ3n) is 2.74. The number of rotatable bonds is 2. The van der Waals surface area contributed by atoms with Gasteiger partial charge in [0.1, 0.15) is 5.82 Å². The van der Waals surface area contributed by atoms with Gasteiger partial charge in [-0.15, -0.1) is 11.3 Å². The number of aromatic nitrogens is 3. The average molecular weight is 295 g/mol. The van der Waals surface area contributed by atoms with Gasteiger partial charge in [0.05, 0.1) is 5.56 Å². The second kappa shape index (κ2) is 4.75. The van der Waals surface area contributed by atoms with Crippen LogP contribution in [0.4, 0.5) is 13.2 Å². The summed E-state index contributed by atoms with van der Waals surface area (Å²) in [5, 5.41) is 2.34. The summed E-state index contributed by atoms with van der Waals surface area (Å²) in [5.74, 6) is 0.230. The number of halogens is 3. The van der Waals surface area contributed by atoms with Crippen LogP contribution in [0.5, 0.6) is 0 Å². The molecular formula is C13H8F3N3S. The molecule has 3 aromatic rings. The molecule has 0 amide bonds. The first-order chi connectivity index (χ1) is 9.57. The number of imidazole rings is 1. The Hall–Kier alpha value is -2.15. The lowest BCUT2D eigenvalue weighted by atomic mass is 10.1. The molecule has 0 spiro atoms. The Morgan fingerprint density at radius 1 is 1.05 bits per heavy atom. The normalized spacial score (nSPS) is 11.8. The molecular weight excluding hydrogens is 287 g/mol. The highest BCUT2D eigenvalue weighted by molar-refractivity contribution is 7.12. The molecule has 0 saturated carbocycles. The summed E-state index contributed by atoms with van der Waals surface area (Å²) in [6, 6.07) is 5.39. The van der Waals surface area contributed by atoms with E-state index in [-0.39, 0.29) is 11.4 Å². The molecule has 0 bridgehead atoms. The van der Waals surface area contributed by atoms with E-state index in [4.69, 9.17) is 0 Å². The average Bonchev–Trinajstić information content (AvgIpc) is 3.08. The van der Waals surface area contributed by atoms with E-state index in [0.717, 1.165) is 6.07 Å². The monoisotopic (exact) mass is 295 g/mol. The van der Waals surface area contributed by atoms with Crippen LogP contribution in [0.25, 0.3) is 16.5 Å². The van der Waals surface area contributed by atoms with Gasteiger partial charge in [-0.25, -0.2) is 9.97 Å². The van der Waals surface area contributed by atoms with Gasteiger partial charge in [0, 0.05) is 29.5 Å². The van der Waals surface area contributed by atoms with Crippen molar-refractivity contribution in [2.75, 3.05) is 0 Å². The van der Waals surface area contributed by atoms with E-state index in [9.17, 15) is 13.2 Å². The quantitative estimate of drug-likeness (QED) is 0.715. The fourth-order valence-corrected chi connectivity index (χ4v) is 2.54. The molecule has 0 N–H and O–H groups in total. The minimum Gasteiger partial charge on any atom is -0.275 e. The Balaban J connectivity index is 2.19. The second-order valence-corrected chi connectivity index (χ2v) is 4.85. The first kappa shape index (κ1) is 12.9. The minimum absolute atomic E-state index is 0.0419. The molecule has 7 heteroatoms. The zero-order chi connectivity index (χ0) is 14.2. The van der Waals surface area contributed by atoms with Crippen LogP contribution in [-0.4, -0.2) is 14.5 Å². The lowest BCUT2D eigenvalue weighted by molar-refractivity contribution is -0.137. The minimum atomic E-state index is -4.42. The Kier molecular flexibility index (Phi) is 3.06. The molecule has 1 aromatic carbocycles. The van der Waals surface area contributed by atoms with Crippen molar-refractivity contribution in [2.24, 2.45) is 0 Å². The summed E-state index contributed by atoms with van der Waals surface area (Å²) in [4.78, 5) is 8.14. The summed E-state index contributed by atoms with van der Waals surface area (Å²) in [6.45, 7) is 0. The number of benzene rings is 1. The maximum atomic E-state index is 13.1. The molecule has 0 aliphatic rings. The molecule has 0 saturated heterocycles. The van der Waals surface area contributed by atoms with Crippen molar-refractivity contribution < 1.29 is 13.2 Å². The van der Waals surface area contributed by atoms with Crippen molar-refractivity contribution in [2.45, 2.75) is 6.18 Å². The molecule has 2 heterocycles. The van der Waals surface area contributed by atoms with Gasteiger partial charge >= 0.3 is 6.18 Å². The fraction of sp³-hybridized carbons (Fsp3) is 0.0769. The SMILES string of the molecule is FC(F)(F)c1ccccc1-c1nccn1-c1nccs1. The van der Waals surface area contributed by atoms with Crippen LogP contribution in [0.1, 0.15) is 5.56 Å². The van der Waals surface area contributed by atoms with E-state index in [2.05, 4.69) is 9.97 Å². The molecule has 20 heavy (non-hydrogen) atoms. The van der Waals surface area contributed by atoms with Gasteiger partial charge in [-0.2, -0.15) is 13.2 Å². The third-order valence-corrected chi connectivity index (χ3v) is 3.51. The van der Waals surface area contributed by atoms with Crippen molar-refractivity contribution in [3.8, 4) is 16.5 Å². The molecule has 2 aromatic heterocycles. The van der Waals surface area contributed by atoms with Crippen molar-refractivity contribution in [3.05, 3.63) is 53.8 Å². The maximum absolute atomic E-state index is 13.1. The predicted octanol–water partition coefficient (Wildman–Crippen LogP) is 4.01. The molecule has 0 atom stereocenters.